The van der Waals surface area contributed by atoms with Crippen molar-refractivity contribution in [3.8, 4) is 11.6 Å². The van der Waals surface area contributed by atoms with E-state index < -0.39 is 0 Å². The molecular weight excluding hydrogens is 416 g/mol. The highest BCUT2D eigenvalue weighted by Crippen LogP contribution is 2.48. The zero-order chi connectivity index (χ0) is 21.1. The minimum Gasteiger partial charge on any atom is -0.475 e. The number of hydrogen-bond acceptors (Lipinski definition) is 7. The van der Waals surface area contributed by atoms with Crippen LogP contribution in [0.2, 0.25) is 5.15 Å². The van der Waals surface area contributed by atoms with Crippen LogP contribution >= 0.6 is 11.6 Å². The molecule has 0 unspecified atom stereocenters. The molecule has 0 spiro atoms. The Morgan fingerprint density at radius 2 is 2.03 bits per heavy atom. The first-order chi connectivity index (χ1) is 15.1. The van der Waals surface area contributed by atoms with E-state index >= 15 is 0 Å². The fraction of sp³-hybridized carbons (Fsp3) is 0.381. The molecule has 0 aromatic carbocycles. The fourth-order valence-corrected chi connectivity index (χ4v) is 4.24. The van der Waals surface area contributed by atoms with Crippen molar-refractivity contribution in [3.05, 3.63) is 40.6 Å². The van der Waals surface area contributed by atoms with E-state index in [1.807, 2.05) is 24.7 Å². The standard InChI is InChI=1S/C21H21ClN8O/c1-11-8-15(12(2)23-9-11)30-17(13-4-5-13)16-20(28-30)31-7-3-6-29-19-14(18(22)27-29)10-24-21(25-16)26-19/h8-10,13H,3-7H2,1-2H3,(H,24,25,26). The maximum Gasteiger partial charge on any atom is 0.257 e. The van der Waals surface area contributed by atoms with Crippen LogP contribution in [0.3, 0.4) is 0 Å². The molecule has 6 rings (SSSR count). The van der Waals surface area contributed by atoms with Crippen LogP contribution in [0.15, 0.2) is 18.5 Å². The molecular formula is C21H21ClN8O. The van der Waals surface area contributed by atoms with Crippen LogP contribution in [0.25, 0.3) is 16.7 Å². The predicted molar refractivity (Wildman–Crippen MR) is 117 cm³/mol. The summed E-state index contributed by atoms with van der Waals surface area (Å²) >= 11 is 6.27. The third-order valence-electron chi connectivity index (χ3n) is 5.71. The topological polar surface area (TPSA) is 95.6 Å². The summed E-state index contributed by atoms with van der Waals surface area (Å²) in [5.41, 5.74) is 5.59. The van der Waals surface area contributed by atoms with Crippen LogP contribution in [0.5, 0.6) is 5.88 Å². The number of halogens is 1. The number of nitrogens with zero attached hydrogens (tertiary/aromatic N) is 7. The Morgan fingerprint density at radius 1 is 1.16 bits per heavy atom. The molecule has 0 radical (unpaired) electrons. The lowest BCUT2D eigenvalue weighted by atomic mass is 10.2. The predicted octanol–water partition coefficient (Wildman–Crippen LogP) is 4.08. The van der Waals surface area contributed by atoms with Crippen molar-refractivity contribution < 1.29 is 4.74 Å². The van der Waals surface area contributed by atoms with Crippen molar-refractivity contribution in [2.24, 2.45) is 0 Å². The second kappa shape index (κ2) is 6.91. The largest absolute Gasteiger partial charge is 0.475 e. The molecule has 2 aliphatic rings. The number of anilines is 2. The van der Waals surface area contributed by atoms with E-state index in [2.05, 4.69) is 26.4 Å². The van der Waals surface area contributed by atoms with E-state index in [1.54, 1.807) is 10.9 Å². The van der Waals surface area contributed by atoms with Gasteiger partial charge in [0.1, 0.15) is 5.69 Å². The van der Waals surface area contributed by atoms with Crippen LogP contribution in [0.1, 0.15) is 42.1 Å². The minimum absolute atomic E-state index is 0.404. The number of ether oxygens (including phenoxy) is 1. The Balaban J connectivity index is 1.54. The van der Waals surface area contributed by atoms with Gasteiger partial charge in [-0.1, -0.05) is 11.6 Å². The van der Waals surface area contributed by atoms with Crippen LogP contribution in [0, 0.1) is 13.8 Å². The molecule has 158 valence electrons. The second-order valence-corrected chi connectivity index (χ2v) is 8.50. The van der Waals surface area contributed by atoms with Gasteiger partial charge in [0.25, 0.3) is 5.88 Å². The number of fused-ring (bicyclic) bond motifs is 2. The molecule has 4 aromatic heterocycles. The molecule has 0 amide bonds. The molecule has 5 heterocycles. The van der Waals surface area contributed by atoms with Crippen molar-refractivity contribution >= 4 is 34.3 Å². The molecule has 10 heteroatoms. The highest BCUT2D eigenvalue weighted by atomic mass is 35.5. The molecule has 9 nitrogen and oxygen atoms in total. The summed E-state index contributed by atoms with van der Waals surface area (Å²) in [4.78, 5) is 13.7. The first kappa shape index (κ1) is 18.6. The second-order valence-electron chi connectivity index (χ2n) is 8.14. The first-order valence-corrected chi connectivity index (χ1v) is 10.8. The van der Waals surface area contributed by atoms with Crippen LogP contribution in [-0.2, 0) is 6.54 Å². The number of aromatic nitrogens is 7. The van der Waals surface area contributed by atoms with Gasteiger partial charge in [-0.15, -0.1) is 5.10 Å². The highest BCUT2D eigenvalue weighted by Gasteiger charge is 2.35. The third-order valence-corrected chi connectivity index (χ3v) is 5.99. The quantitative estimate of drug-likeness (QED) is 0.505. The molecule has 4 aromatic rings. The molecule has 1 aliphatic heterocycles. The van der Waals surface area contributed by atoms with Crippen molar-refractivity contribution in [1.29, 1.82) is 0 Å². The number of hydrogen-bond donors (Lipinski definition) is 1. The molecule has 0 saturated heterocycles. The summed E-state index contributed by atoms with van der Waals surface area (Å²) in [6, 6.07) is 2.11. The van der Waals surface area contributed by atoms with Gasteiger partial charge in [-0.25, -0.2) is 14.3 Å². The van der Waals surface area contributed by atoms with Gasteiger partial charge < -0.3 is 10.1 Å². The minimum atomic E-state index is 0.404. The van der Waals surface area contributed by atoms with E-state index in [9.17, 15) is 0 Å². The summed E-state index contributed by atoms with van der Waals surface area (Å²) < 4.78 is 9.94. The maximum atomic E-state index is 6.27. The van der Waals surface area contributed by atoms with Crippen molar-refractivity contribution in [1.82, 2.24) is 34.5 Å². The average Bonchev–Trinajstić information content (AvgIpc) is 3.47. The number of aryl methyl sites for hydroxylation is 3. The molecule has 31 heavy (non-hydrogen) atoms. The fourth-order valence-electron chi connectivity index (χ4n) is 4.02. The smallest absolute Gasteiger partial charge is 0.257 e. The molecule has 1 fully saturated rings. The van der Waals surface area contributed by atoms with Gasteiger partial charge in [0.05, 0.1) is 29.1 Å². The highest BCUT2D eigenvalue weighted by molar-refractivity contribution is 6.34. The lowest BCUT2D eigenvalue weighted by Gasteiger charge is -2.11. The Kier molecular flexibility index (Phi) is 4.14. The third kappa shape index (κ3) is 3.11. The van der Waals surface area contributed by atoms with E-state index in [1.165, 1.54) is 0 Å². The van der Waals surface area contributed by atoms with E-state index in [0.29, 0.717) is 41.7 Å². The maximum absolute atomic E-state index is 6.27. The van der Waals surface area contributed by atoms with Crippen LogP contribution in [0.4, 0.5) is 11.6 Å². The first-order valence-electron chi connectivity index (χ1n) is 10.4. The molecule has 1 aliphatic carbocycles. The van der Waals surface area contributed by atoms with Crippen LogP contribution in [-0.4, -0.2) is 41.1 Å². The molecule has 1 saturated carbocycles. The summed E-state index contributed by atoms with van der Waals surface area (Å²) in [6.45, 7) is 5.19. The zero-order valence-corrected chi connectivity index (χ0v) is 18.0. The Morgan fingerprint density at radius 3 is 2.87 bits per heavy atom. The lowest BCUT2D eigenvalue weighted by Crippen LogP contribution is -2.08. The van der Waals surface area contributed by atoms with Crippen molar-refractivity contribution in [2.45, 2.75) is 45.6 Å². The van der Waals surface area contributed by atoms with Gasteiger partial charge in [-0.3, -0.25) is 4.98 Å². The van der Waals surface area contributed by atoms with E-state index in [0.717, 1.165) is 53.0 Å². The Labute approximate surface area is 183 Å². The number of pyridine rings is 1. The zero-order valence-electron chi connectivity index (χ0n) is 17.3. The number of nitrogens with one attached hydrogen (secondary N) is 1. The van der Waals surface area contributed by atoms with Gasteiger partial charge in [0.2, 0.25) is 5.95 Å². The monoisotopic (exact) mass is 436 g/mol. The van der Waals surface area contributed by atoms with Gasteiger partial charge in [0.15, 0.2) is 10.8 Å². The summed E-state index contributed by atoms with van der Waals surface area (Å²) in [6.07, 6.45) is 6.56. The Hall–Kier alpha value is -3.20. The Bertz CT molecular complexity index is 1320. The molecule has 2 bridgehead atoms. The molecule has 0 atom stereocenters. The lowest BCUT2D eigenvalue weighted by molar-refractivity contribution is 0.288. The van der Waals surface area contributed by atoms with Gasteiger partial charge in [-0.05, 0) is 38.3 Å². The summed E-state index contributed by atoms with van der Waals surface area (Å²) in [7, 11) is 0. The van der Waals surface area contributed by atoms with Gasteiger partial charge in [0, 0.05) is 31.3 Å². The number of rotatable bonds is 2. The normalized spacial score (nSPS) is 16.0. The molecule has 1 N–H and O–H groups in total. The van der Waals surface area contributed by atoms with E-state index in [-0.39, 0.29) is 0 Å². The average molecular weight is 437 g/mol. The van der Waals surface area contributed by atoms with Crippen molar-refractivity contribution in [3.63, 3.8) is 0 Å². The summed E-state index contributed by atoms with van der Waals surface area (Å²) in [5, 5.41) is 13.8. The van der Waals surface area contributed by atoms with E-state index in [4.69, 9.17) is 26.4 Å². The SMILES string of the molecule is Cc1cnc(C)c(-n2nc3c(c2C2CC2)Nc2ncc4c(Cl)nn(c4n2)CCCO3)c1. The van der Waals surface area contributed by atoms with Gasteiger partial charge >= 0.3 is 0 Å². The van der Waals surface area contributed by atoms with Crippen molar-refractivity contribution in [2.75, 3.05) is 11.9 Å². The summed E-state index contributed by atoms with van der Waals surface area (Å²) in [5.74, 6) is 1.43. The van der Waals surface area contributed by atoms with Gasteiger partial charge in [-0.2, -0.15) is 10.1 Å². The van der Waals surface area contributed by atoms with Crippen LogP contribution < -0.4 is 10.1 Å².